The van der Waals surface area contributed by atoms with Gasteiger partial charge < -0.3 is 20.9 Å². The number of hydrogen-bond acceptors (Lipinski definition) is 4. The third-order valence-electron chi connectivity index (χ3n) is 2.76. The van der Waals surface area contributed by atoms with Gasteiger partial charge >= 0.3 is 0 Å². The van der Waals surface area contributed by atoms with E-state index in [0.717, 1.165) is 12.8 Å². The Kier molecular flexibility index (Phi) is 6.37. The average molecular weight is 230 g/mol. The van der Waals surface area contributed by atoms with Gasteiger partial charge in [-0.15, -0.1) is 0 Å². The molecule has 0 spiro atoms. The molecule has 0 aliphatic heterocycles. The van der Waals surface area contributed by atoms with Crippen LogP contribution < -0.4 is 11.1 Å². The van der Waals surface area contributed by atoms with Crippen molar-refractivity contribution in [3.63, 3.8) is 0 Å². The second-order valence-corrected chi connectivity index (χ2v) is 4.34. The highest BCUT2D eigenvalue weighted by atomic mass is 16.5. The van der Waals surface area contributed by atoms with Gasteiger partial charge in [0.05, 0.1) is 25.4 Å². The summed E-state index contributed by atoms with van der Waals surface area (Å²) in [6, 6.07) is 0. The lowest BCUT2D eigenvalue weighted by atomic mass is 9.98. The zero-order valence-electron chi connectivity index (χ0n) is 9.65. The Hall–Kier alpha value is -0.650. The number of aliphatic hydroxyl groups is 1. The van der Waals surface area contributed by atoms with Crippen molar-refractivity contribution in [3.8, 4) is 0 Å². The summed E-state index contributed by atoms with van der Waals surface area (Å²) in [5.74, 6) is -0.416. The molecule has 1 aliphatic carbocycles. The van der Waals surface area contributed by atoms with E-state index >= 15 is 0 Å². The molecule has 0 heterocycles. The molecule has 1 aliphatic rings. The Morgan fingerprint density at radius 3 is 2.75 bits per heavy atom. The van der Waals surface area contributed by atoms with Gasteiger partial charge in [-0.25, -0.2) is 0 Å². The predicted octanol–water partition coefficient (Wildman–Crippen LogP) is -0.228. The molecule has 1 amide bonds. The number of nitrogens with two attached hydrogens (primary N) is 1. The number of aliphatic hydroxyl groups excluding tert-OH is 1. The number of carbonyl (C=O) groups is 1. The maximum Gasteiger partial charge on any atom is 0.231 e. The largest absolute Gasteiger partial charge is 0.389 e. The van der Waals surface area contributed by atoms with Crippen molar-refractivity contribution in [2.45, 2.75) is 44.3 Å². The third-order valence-corrected chi connectivity index (χ3v) is 2.76. The minimum atomic E-state index is -0.568. The Morgan fingerprint density at radius 1 is 1.44 bits per heavy atom. The lowest BCUT2D eigenvalue weighted by Crippen LogP contribution is -2.36. The highest BCUT2D eigenvalue weighted by molar-refractivity contribution is 5.75. The van der Waals surface area contributed by atoms with Crippen LogP contribution in [0.3, 0.4) is 0 Å². The smallest absolute Gasteiger partial charge is 0.231 e. The second kappa shape index (κ2) is 7.60. The molecule has 5 heteroatoms. The van der Waals surface area contributed by atoms with Gasteiger partial charge in [-0.3, -0.25) is 4.79 Å². The summed E-state index contributed by atoms with van der Waals surface area (Å²) in [5.41, 5.74) is 4.96. The van der Waals surface area contributed by atoms with Crippen molar-refractivity contribution in [1.82, 2.24) is 5.32 Å². The van der Waals surface area contributed by atoms with Crippen LogP contribution in [0.15, 0.2) is 0 Å². The monoisotopic (exact) mass is 230 g/mol. The van der Waals surface area contributed by atoms with Gasteiger partial charge in [-0.05, 0) is 12.8 Å². The summed E-state index contributed by atoms with van der Waals surface area (Å²) in [4.78, 5) is 10.4. The molecule has 1 saturated carbocycles. The van der Waals surface area contributed by atoms with Gasteiger partial charge in [0.1, 0.15) is 0 Å². The van der Waals surface area contributed by atoms with Crippen LogP contribution in [-0.4, -0.2) is 42.9 Å². The van der Waals surface area contributed by atoms with Crippen molar-refractivity contribution in [2.24, 2.45) is 5.73 Å². The van der Waals surface area contributed by atoms with Crippen LogP contribution in [0.1, 0.15) is 32.1 Å². The molecule has 1 unspecified atom stereocenters. The van der Waals surface area contributed by atoms with Crippen molar-refractivity contribution < 1.29 is 14.6 Å². The summed E-state index contributed by atoms with van der Waals surface area (Å²) in [5, 5.41) is 12.3. The van der Waals surface area contributed by atoms with E-state index in [0.29, 0.717) is 19.3 Å². The lowest BCUT2D eigenvalue weighted by Gasteiger charge is -2.23. The molecule has 94 valence electrons. The fourth-order valence-corrected chi connectivity index (χ4v) is 1.90. The molecule has 0 aromatic heterocycles. The molecule has 16 heavy (non-hydrogen) atoms. The minimum absolute atomic E-state index is 0.0977. The van der Waals surface area contributed by atoms with Gasteiger partial charge in [0, 0.05) is 6.54 Å². The van der Waals surface area contributed by atoms with Crippen LogP contribution in [0, 0.1) is 0 Å². The van der Waals surface area contributed by atoms with Crippen LogP contribution in [-0.2, 0) is 9.53 Å². The summed E-state index contributed by atoms with van der Waals surface area (Å²) >= 11 is 0. The molecule has 0 saturated heterocycles. The SMILES string of the molecule is NC(=O)CNCC(O)COC1CCCCC1. The standard InChI is InChI=1S/C11H22N2O3/c12-11(15)7-13-6-9(14)8-16-10-4-2-1-3-5-10/h9-10,13-14H,1-8H2,(H2,12,15). The first-order valence-electron chi connectivity index (χ1n) is 5.97. The molecular formula is C11H22N2O3. The summed E-state index contributed by atoms with van der Waals surface area (Å²) in [7, 11) is 0. The van der Waals surface area contributed by atoms with Gasteiger partial charge in [0.25, 0.3) is 0 Å². The van der Waals surface area contributed by atoms with Gasteiger partial charge in [0.2, 0.25) is 5.91 Å². The van der Waals surface area contributed by atoms with E-state index in [4.69, 9.17) is 10.5 Å². The fourth-order valence-electron chi connectivity index (χ4n) is 1.90. The minimum Gasteiger partial charge on any atom is -0.389 e. The lowest BCUT2D eigenvalue weighted by molar-refractivity contribution is -0.117. The summed E-state index contributed by atoms with van der Waals surface area (Å²) < 4.78 is 5.60. The highest BCUT2D eigenvalue weighted by Gasteiger charge is 2.15. The number of amides is 1. The fraction of sp³-hybridized carbons (Fsp3) is 0.909. The van der Waals surface area contributed by atoms with Crippen LogP contribution >= 0.6 is 0 Å². The average Bonchev–Trinajstić information content (AvgIpc) is 2.27. The van der Waals surface area contributed by atoms with Crippen LogP contribution in [0.4, 0.5) is 0 Å². The molecular weight excluding hydrogens is 208 g/mol. The summed E-state index contributed by atoms with van der Waals surface area (Å²) in [6.07, 6.45) is 5.67. The molecule has 1 atom stereocenters. The van der Waals surface area contributed by atoms with E-state index in [2.05, 4.69) is 5.32 Å². The van der Waals surface area contributed by atoms with Crippen molar-refractivity contribution >= 4 is 5.91 Å². The van der Waals surface area contributed by atoms with Gasteiger partial charge in [0.15, 0.2) is 0 Å². The van der Waals surface area contributed by atoms with E-state index in [9.17, 15) is 9.90 Å². The first kappa shape index (κ1) is 13.4. The molecule has 1 rings (SSSR count). The Labute approximate surface area is 96.3 Å². The van der Waals surface area contributed by atoms with E-state index in [1.165, 1.54) is 19.3 Å². The maximum absolute atomic E-state index is 10.4. The summed E-state index contributed by atoms with van der Waals surface area (Å²) in [6.45, 7) is 0.770. The number of primary amides is 1. The van der Waals surface area contributed by atoms with Crippen LogP contribution in [0.25, 0.3) is 0 Å². The first-order valence-corrected chi connectivity index (χ1v) is 5.97. The van der Waals surface area contributed by atoms with Crippen molar-refractivity contribution in [2.75, 3.05) is 19.7 Å². The number of carbonyl (C=O) groups excluding carboxylic acids is 1. The molecule has 1 fully saturated rings. The zero-order valence-corrected chi connectivity index (χ0v) is 9.65. The topological polar surface area (TPSA) is 84.6 Å². The number of hydrogen-bond donors (Lipinski definition) is 3. The van der Waals surface area contributed by atoms with E-state index in [1.807, 2.05) is 0 Å². The second-order valence-electron chi connectivity index (χ2n) is 4.34. The van der Waals surface area contributed by atoms with Gasteiger partial charge in [-0.2, -0.15) is 0 Å². The Morgan fingerprint density at radius 2 is 2.12 bits per heavy atom. The van der Waals surface area contributed by atoms with E-state index in [-0.39, 0.29) is 6.54 Å². The molecule has 0 radical (unpaired) electrons. The van der Waals surface area contributed by atoms with Crippen molar-refractivity contribution in [3.05, 3.63) is 0 Å². The van der Waals surface area contributed by atoms with Gasteiger partial charge in [-0.1, -0.05) is 19.3 Å². The molecule has 0 bridgehead atoms. The maximum atomic E-state index is 10.4. The molecule has 4 N–H and O–H groups in total. The van der Waals surface area contributed by atoms with Crippen LogP contribution in [0.5, 0.6) is 0 Å². The zero-order chi connectivity index (χ0) is 11.8. The molecule has 0 aromatic carbocycles. The number of ether oxygens (including phenoxy) is 1. The first-order chi connectivity index (χ1) is 7.68. The van der Waals surface area contributed by atoms with E-state index < -0.39 is 12.0 Å². The third kappa shape index (κ3) is 6.05. The Bertz CT molecular complexity index is 205. The molecule has 5 nitrogen and oxygen atoms in total. The van der Waals surface area contributed by atoms with Crippen LogP contribution in [0.2, 0.25) is 0 Å². The van der Waals surface area contributed by atoms with Crippen molar-refractivity contribution in [1.29, 1.82) is 0 Å². The number of nitrogens with one attached hydrogen (secondary N) is 1. The van der Waals surface area contributed by atoms with E-state index in [1.54, 1.807) is 0 Å². The quantitative estimate of drug-likeness (QED) is 0.564. The number of rotatable bonds is 7. The highest BCUT2D eigenvalue weighted by Crippen LogP contribution is 2.20. The molecule has 0 aromatic rings. The normalized spacial score (nSPS) is 19.6. The predicted molar refractivity (Wildman–Crippen MR) is 60.9 cm³/mol. The Balaban J connectivity index is 2.00.